The molecule has 1 aliphatic heterocycles. The molecular formula is C27H33N5O3. The smallest absolute Gasteiger partial charge is 0.296 e. The van der Waals surface area contributed by atoms with E-state index in [0.29, 0.717) is 6.54 Å². The van der Waals surface area contributed by atoms with Crippen LogP contribution in [0.25, 0.3) is 0 Å². The first-order valence-corrected chi connectivity index (χ1v) is 11.7. The number of nitroso groups, excluding NO2 is 1. The van der Waals surface area contributed by atoms with Gasteiger partial charge in [0, 0.05) is 18.5 Å². The van der Waals surface area contributed by atoms with Crippen LogP contribution in [0.3, 0.4) is 0 Å². The van der Waals surface area contributed by atoms with Gasteiger partial charge in [0.25, 0.3) is 11.5 Å². The molecule has 1 aromatic carbocycles. The third-order valence-electron chi connectivity index (χ3n) is 6.59. The number of carbonyl (C=O) groups excluding carboxylic acids is 1. The first-order chi connectivity index (χ1) is 16.7. The standard InChI is InChI=1S/C27H33N5O3/c1-7-11-19(17(5)8-2)23(20-13-10-9-12-18(20)6)21-15-31(16(3)4)27(34)25-24(28)26(33)30-22(14-29-35)32(21)25/h7-13,16,21,23H,2,14-15,28H2,1,3-6H3/b11-7-,19-17+. The average Bonchev–Trinajstić information content (AvgIpc) is 2.83. The average molecular weight is 476 g/mol. The summed E-state index contributed by atoms with van der Waals surface area (Å²) in [7, 11) is 0. The molecule has 0 fully saturated rings. The highest BCUT2D eigenvalue weighted by Gasteiger charge is 2.41. The lowest BCUT2D eigenvalue weighted by atomic mass is 9.79. The quantitative estimate of drug-likeness (QED) is 0.441. The van der Waals surface area contributed by atoms with Crippen molar-refractivity contribution in [3.63, 3.8) is 0 Å². The minimum atomic E-state index is -0.730. The molecule has 0 saturated carbocycles. The first-order valence-electron chi connectivity index (χ1n) is 11.7. The topological polar surface area (TPSA) is 111 Å². The summed E-state index contributed by atoms with van der Waals surface area (Å²) in [4.78, 5) is 43.3. The fourth-order valence-electron chi connectivity index (χ4n) is 4.83. The second kappa shape index (κ2) is 10.6. The maximum absolute atomic E-state index is 13.6. The molecule has 8 heteroatoms. The molecule has 184 valence electrons. The molecule has 0 saturated heterocycles. The molecule has 35 heavy (non-hydrogen) atoms. The Morgan fingerprint density at radius 3 is 2.57 bits per heavy atom. The Morgan fingerprint density at radius 2 is 2.00 bits per heavy atom. The van der Waals surface area contributed by atoms with Gasteiger partial charge in [0.2, 0.25) is 0 Å². The van der Waals surface area contributed by atoms with E-state index in [1.165, 1.54) is 0 Å². The van der Waals surface area contributed by atoms with Crippen molar-refractivity contribution in [2.24, 2.45) is 5.18 Å². The van der Waals surface area contributed by atoms with E-state index in [9.17, 15) is 14.5 Å². The number of aryl methyl sites for hydroxylation is 1. The van der Waals surface area contributed by atoms with Crippen LogP contribution in [0.1, 0.15) is 67.1 Å². The Kier molecular flexibility index (Phi) is 7.84. The number of carbonyl (C=O) groups is 1. The Labute approximate surface area is 205 Å². The molecule has 2 heterocycles. The van der Waals surface area contributed by atoms with Gasteiger partial charge in [-0.1, -0.05) is 54.2 Å². The number of allylic oxidation sites excluding steroid dienone is 5. The Balaban J connectivity index is 2.49. The number of nitrogen functional groups attached to an aromatic ring is 1. The second-order valence-electron chi connectivity index (χ2n) is 9.05. The van der Waals surface area contributed by atoms with Crippen molar-refractivity contribution in [2.75, 3.05) is 12.3 Å². The summed E-state index contributed by atoms with van der Waals surface area (Å²) in [6.07, 6.45) is 5.82. The van der Waals surface area contributed by atoms with E-state index in [1.807, 2.05) is 71.0 Å². The molecule has 2 unspecified atom stereocenters. The Hall–Kier alpha value is -3.81. The van der Waals surface area contributed by atoms with Crippen molar-refractivity contribution >= 4 is 11.6 Å². The number of hydrogen-bond donors (Lipinski definition) is 1. The molecule has 0 aliphatic carbocycles. The first kappa shape index (κ1) is 25.8. The van der Waals surface area contributed by atoms with Gasteiger partial charge in [0.05, 0.1) is 6.04 Å². The zero-order chi connectivity index (χ0) is 25.9. The van der Waals surface area contributed by atoms with Gasteiger partial charge in [-0.25, -0.2) is 0 Å². The minimum absolute atomic E-state index is 0.0586. The Morgan fingerprint density at radius 1 is 1.31 bits per heavy atom. The van der Waals surface area contributed by atoms with Gasteiger partial charge in [0.15, 0.2) is 0 Å². The zero-order valence-corrected chi connectivity index (χ0v) is 21.0. The molecule has 2 N–H and O–H groups in total. The van der Waals surface area contributed by atoms with Gasteiger partial charge < -0.3 is 15.2 Å². The molecule has 1 amide bonds. The number of amides is 1. The van der Waals surface area contributed by atoms with Crippen LogP contribution in [-0.4, -0.2) is 32.9 Å². The van der Waals surface area contributed by atoms with Crippen molar-refractivity contribution in [1.29, 1.82) is 0 Å². The molecule has 0 bridgehead atoms. The van der Waals surface area contributed by atoms with Gasteiger partial charge in [-0.2, -0.15) is 9.89 Å². The normalized spacial score (nSPS) is 17.4. The molecule has 1 aliphatic rings. The highest BCUT2D eigenvalue weighted by molar-refractivity contribution is 5.98. The molecular weight excluding hydrogens is 442 g/mol. The van der Waals surface area contributed by atoms with Crippen LogP contribution in [0.15, 0.2) is 70.2 Å². The van der Waals surface area contributed by atoms with Gasteiger partial charge in [-0.05, 0) is 56.9 Å². The van der Waals surface area contributed by atoms with E-state index in [4.69, 9.17) is 5.73 Å². The predicted molar refractivity (Wildman–Crippen MR) is 139 cm³/mol. The van der Waals surface area contributed by atoms with Gasteiger partial charge in [-0.3, -0.25) is 9.59 Å². The largest absolute Gasteiger partial charge is 0.392 e. The third kappa shape index (κ3) is 4.73. The lowest BCUT2D eigenvalue weighted by Gasteiger charge is -2.43. The number of aromatic nitrogens is 2. The lowest BCUT2D eigenvalue weighted by Crippen LogP contribution is -2.50. The maximum atomic E-state index is 13.6. The zero-order valence-electron chi connectivity index (χ0n) is 21.0. The maximum Gasteiger partial charge on any atom is 0.296 e. The number of hydrogen-bond acceptors (Lipinski definition) is 6. The van der Waals surface area contributed by atoms with Crippen molar-refractivity contribution in [3.8, 4) is 0 Å². The summed E-state index contributed by atoms with van der Waals surface area (Å²) in [5.74, 6) is -0.487. The lowest BCUT2D eigenvalue weighted by molar-refractivity contribution is 0.0590. The Bertz CT molecular complexity index is 1270. The monoisotopic (exact) mass is 475 g/mol. The van der Waals surface area contributed by atoms with Crippen LogP contribution in [0.2, 0.25) is 0 Å². The summed E-state index contributed by atoms with van der Waals surface area (Å²) in [6.45, 7) is 13.8. The van der Waals surface area contributed by atoms with E-state index in [0.717, 1.165) is 22.3 Å². The van der Waals surface area contributed by atoms with Gasteiger partial charge in [-0.15, -0.1) is 0 Å². The van der Waals surface area contributed by atoms with Crippen LogP contribution >= 0.6 is 0 Å². The molecule has 1 aromatic heterocycles. The predicted octanol–water partition coefficient (Wildman–Crippen LogP) is 4.67. The molecule has 2 atom stereocenters. The number of rotatable bonds is 8. The highest BCUT2D eigenvalue weighted by Crippen LogP contribution is 2.43. The fourth-order valence-corrected chi connectivity index (χ4v) is 4.83. The van der Waals surface area contributed by atoms with Crippen molar-refractivity contribution in [3.05, 3.63) is 98.1 Å². The third-order valence-corrected chi connectivity index (χ3v) is 6.59. The van der Waals surface area contributed by atoms with Crippen LogP contribution in [0.5, 0.6) is 0 Å². The summed E-state index contributed by atoms with van der Waals surface area (Å²) in [5.41, 5.74) is 9.39. The van der Waals surface area contributed by atoms with Crippen molar-refractivity contribution in [2.45, 2.75) is 59.2 Å². The SMILES string of the molecule is C=C/C(C)=C(\C=C/C)C(c1ccccc1C)C1CN(C(C)C)C(=O)c2c(N)c(=O)nc(CN=O)n21. The van der Waals surface area contributed by atoms with E-state index in [1.54, 1.807) is 9.47 Å². The summed E-state index contributed by atoms with van der Waals surface area (Å²) < 4.78 is 1.68. The fraction of sp³-hybridized carbons (Fsp3) is 0.370. The minimum Gasteiger partial charge on any atom is -0.392 e. The second-order valence-corrected chi connectivity index (χ2v) is 9.05. The van der Waals surface area contributed by atoms with E-state index in [2.05, 4.69) is 22.8 Å². The highest BCUT2D eigenvalue weighted by atomic mass is 16.3. The van der Waals surface area contributed by atoms with Crippen LogP contribution < -0.4 is 11.3 Å². The molecule has 8 nitrogen and oxygen atoms in total. The van der Waals surface area contributed by atoms with Crippen molar-refractivity contribution in [1.82, 2.24) is 14.5 Å². The van der Waals surface area contributed by atoms with Crippen molar-refractivity contribution < 1.29 is 4.79 Å². The molecule has 0 radical (unpaired) electrons. The molecule has 2 aromatic rings. The van der Waals surface area contributed by atoms with Gasteiger partial charge >= 0.3 is 0 Å². The number of benzene rings is 1. The summed E-state index contributed by atoms with van der Waals surface area (Å²) in [6, 6.07) is 7.52. The van der Waals surface area contributed by atoms with Crippen LogP contribution in [0.4, 0.5) is 5.69 Å². The van der Waals surface area contributed by atoms with Crippen LogP contribution in [-0.2, 0) is 6.54 Å². The van der Waals surface area contributed by atoms with E-state index >= 15 is 0 Å². The number of anilines is 1. The van der Waals surface area contributed by atoms with E-state index < -0.39 is 11.6 Å². The number of fused-ring (bicyclic) bond motifs is 1. The number of nitrogens with two attached hydrogens (primary N) is 1. The summed E-state index contributed by atoms with van der Waals surface area (Å²) >= 11 is 0. The van der Waals surface area contributed by atoms with E-state index in [-0.39, 0.29) is 41.6 Å². The number of nitrogens with zero attached hydrogens (tertiary/aromatic N) is 4. The molecule has 0 spiro atoms. The summed E-state index contributed by atoms with van der Waals surface area (Å²) in [5, 5.41) is 3.00. The van der Waals surface area contributed by atoms with Gasteiger partial charge in [0.1, 0.15) is 23.8 Å². The molecule has 3 rings (SSSR count). The van der Waals surface area contributed by atoms with Crippen LogP contribution in [0, 0.1) is 11.8 Å².